The second-order valence-corrected chi connectivity index (χ2v) is 7.57. The summed E-state index contributed by atoms with van der Waals surface area (Å²) in [4.78, 5) is 18.8. The third-order valence-corrected chi connectivity index (χ3v) is 3.25. The van der Waals surface area contributed by atoms with Gasteiger partial charge in [-0.2, -0.15) is 0 Å². The fourth-order valence-electron chi connectivity index (χ4n) is 2.40. The molecule has 1 heterocycles. The van der Waals surface area contributed by atoms with Gasteiger partial charge in [0.25, 0.3) is 0 Å². The summed E-state index contributed by atoms with van der Waals surface area (Å²) < 4.78 is 5.60. The average Bonchev–Trinajstić information content (AvgIpc) is 2.38. The topological polar surface area (TPSA) is 68.5 Å². The summed E-state index contributed by atoms with van der Waals surface area (Å²) in [6.45, 7) is 11.4. The lowest BCUT2D eigenvalue weighted by Gasteiger charge is -2.37. The van der Waals surface area contributed by atoms with Crippen LogP contribution in [0.3, 0.4) is 0 Å². The Hall–Kier alpha value is -2.30. The monoisotopic (exact) mass is 315 g/mol. The van der Waals surface area contributed by atoms with E-state index in [1.807, 2.05) is 65.8 Å². The molecule has 5 heteroatoms. The first-order valence-electron chi connectivity index (χ1n) is 7.67. The van der Waals surface area contributed by atoms with Gasteiger partial charge in [-0.3, -0.25) is 9.88 Å². The van der Waals surface area contributed by atoms with Gasteiger partial charge in [0.15, 0.2) is 0 Å². The number of carbonyl (C=O) groups excluding carboxylic acids is 1. The van der Waals surface area contributed by atoms with Crippen molar-refractivity contribution in [2.75, 3.05) is 10.6 Å². The van der Waals surface area contributed by atoms with Crippen LogP contribution < -0.4 is 10.6 Å². The highest BCUT2D eigenvalue weighted by Gasteiger charge is 2.34. The van der Waals surface area contributed by atoms with E-state index in [1.165, 1.54) is 0 Å². The van der Waals surface area contributed by atoms with Crippen LogP contribution in [-0.4, -0.2) is 22.2 Å². The van der Waals surface area contributed by atoms with Crippen molar-refractivity contribution in [1.29, 1.82) is 0 Å². The number of fused-ring (bicyclic) bond motifs is 1. The van der Waals surface area contributed by atoms with Gasteiger partial charge in [-0.05, 0) is 47.6 Å². The number of hydrogen-bond acceptors (Lipinski definition) is 4. The molecule has 5 nitrogen and oxygen atoms in total. The first-order valence-corrected chi connectivity index (χ1v) is 7.67. The Bertz CT molecular complexity index is 727. The van der Waals surface area contributed by atoms with Gasteiger partial charge in [0.1, 0.15) is 5.60 Å². The van der Waals surface area contributed by atoms with Gasteiger partial charge >= 0.3 is 6.09 Å². The van der Waals surface area contributed by atoms with Gasteiger partial charge in [0.2, 0.25) is 0 Å². The van der Waals surface area contributed by atoms with Crippen molar-refractivity contribution >= 4 is 28.4 Å². The fourth-order valence-corrected chi connectivity index (χ4v) is 2.40. The number of benzene rings is 1. The lowest BCUT2D eigenvalue weighted by Crippen LogP contribution is -2.48. The predicted molar refractivity (Wildman–Crippen MR) is 94.6 cm³/mol. The molecular formula is C18H25N3O2. The molecule has 0 aliphatic carbocycles. The first kappa shape index (κ1) is 17.1. The summed E-state index contributed by atoms with van der Waals surface area (Å²) in [6.07, 6.45) is 1.16. The number of nitrogen functional groups attached to an aromatic ring is 1. The Kier molecular flexibility index (Phi) is 4.24. The van der Waals surface area contributed by atoms with Crippen molar-refractivity contribution in [2.24, 2.45) is 0 Å². The number of amides is 1. The molecule has 1 aromatic heterocycles. The van der Waals surface area contributed by atoms with Gasteiger partial charge in [0.05, 0.1) is 23.1 Å². The molecule has 1 amide bonds. The zero-order valence-electron chi connectivity index (χ0n) is 14.7. The molecule has 0 aliphatic rings. The van der Waals surface area contributed by atoms with Gasteiger partial charge in [0, 0.05) is 10.9 Å². The minimum absolute atomic E-state index is 0.423. The Morgan fingerprint density at radius 2 is 1.74 bits per heavy atom. The van der Waals surface area contributed by atoms with E-state index in [9.17, 15) is 4.79 Å². The summed E-state index contributed by atoms with van der Waals surface area (Å²) in [7, 11) is 0. The normalized spacial score (nSPS) is 12.3. The van der Waals surface area contributed by atoms with Crippen LogP contribution in [0.2, 0.25) is 0 Å². The van der Waals surface area contributed by atoms with Crippen molar-refractivity contribution in [2.45, 2.75) is 52.7 Å². The minimum atomic E-state index is -0.585. The van der Waals surface area contributed by atoms with Crippen molar-refractivity contribution in [1.82, 2.24) is 4.98 Å². The van der Waals surface area contributed by atoms with Crippen LogP contribution >= 0.6 is 0 Å². The summed E-state index contributed by atoms with van der Waals surface area (Å²) in [5.74, 6) is 0. The Morgan fingerprint density at radius 3 is 2.30 bits per heavy atom. The van der Waals surface area contributed by atoms with E-state index in [4.69, 9.17) is 10.5 Å². The lowest BCUT2D eigenvalue weighted by molar-refractivity contribution is 0.0551. The van der Waals surface area contributed by atoms with Crippen LogP contribution in [0.5, 0.6) is 0 Å². The van der Waals surface area contributed by atoms with Crippen molar-refractivity contribution in [3.8, 4) is 0 Å². The maximum absolute atomic E-state index is 12.8. The number of carbonyl (C=O) groups is 1. The van der Waals surface area contributed by atoms with Gasteiger partial charge < -0.3 is 10.5 Å². The SMILES string of the molecule is CC(C)(C)OC(=O)N(c1c(N)cnc2ccccc12)C(C)(C)C. The van der Waals surface area contributed by atoms with Crippen LogP contribution in [-0.2, 0) is 4.74 Å². The quantitative estimate of drug-likeness (QED) is 0.849. The maximum Gasteiger partial charge on any atom is 0.415 e. The molecule has 2 aromatic rings. The zero-order chi connectivity index (χ0) is 17.4. The van der Waals surface area contributed by atoms with Crippen LogP contribution in [0, 0.1) is 0 Å². The van der Waals surface area contributed by atoms with Crippen LogP contribution in [0.1, 0.15) is 41.5 Å². The van der Waals surface area contributed by atoms with Crippen LogP contribution in [0.25, 0.3) is 10.9 Å². The number of anilines is 2. The summed E-state index contributed by atoms with van der Waals surface area (Å²) in [6, 6.07) is 7.62. The predicted octanol–water partition coefficient (Wildman–Crippen LogP) is 4.36. The third kappa shape index (κ3) is 3.73. The van der Waals surface area contributed by atoms with Crippen molar-refractivity contribution < 1.29 is 9.53 Å². The molecule has 23 heavy (non-hydrogen) atoms. The molecule has 124 valence electrons. The summed E-state index contributed by atoms with van der Waals surface area (Å²) in [5.41, 5.74) is 6.96. The molecule has 0 bridgehead atoms. The third-order valence-electron chi connectivity index (χ3n) is 3.25. The Morgan fingerprint density at radius 1 is 1.13 bits per heavy atom. The largest absolute Gasteiger partial charge is 0.443 e. The highest BCUT2D eigenvalue weighted by Crippen LogP contribution is 2.36. The van der Waals surface area contributed by atoms with E-state index >= 15 is 0 Å². The molecule has 0 aliphatic heterocycles. The smallest absolute Gasteiger partial charge is 0.415 e. The number of ether oxygens (including phenoxy) is 1. The number of aromatic nitrogens is 1. The highest BCUT2D eigenvalue weighted by atomic mass is 16.6. The van der Waals surface area contributed by atoms with E-state index in [-0.39, 0.29) is 0 Å². The van der Waals surface area contributed by atoms with Gasteiger partial charge in [-0.25, -0.2) is 4.79 Å². The number of rotatable bonds is 1. The summed E-state index contributed by atoms with van der Waals surface area (Å²) in [5, 5.41) is 0.827. The van der Waals surface area contributed by atoms with E-state index in [2.05, 4.69) is 4.98 Å². The second-order valence-electron chi connectivity index (χ2n) is 7.57. The molecule has 0 unspecified atom stereocenters. The highest BCUT2D eigenvalue weighted by molar-refractivity contribution is 6.05. The molecule has 2 rings (SSSR count). The van der Waals surface area contributed by atoms with Crippen molar-refractivity contribution in [3.63, 3.8) is 0 Å². The second kappa shape index (κ2) is 5.72. The van der Waals surface area contributed by atoms with Gasteiger partial charge in [-0.1, -0.05) is 18.2 Å². The first-order chi connectivity index (χ1) is 10.5. The molecule has 0 fully saturated rings. The number of nitrogens with two attached hydrogens (primary N) is 1. The van der Waals surface area contributed by atoms with Gasteiger partial charge in [-0.15, -0.1) is 0 Å². The number of hydrogen-bond donors (Lipinski definition) is 1. The zero-order valence-corrected chi connectivity index (χ0v) is 14.7. The van der Waals surface area contributed by atoms with E-state index < -0.39 is 17.2 Å². The van der Waals surface area contributed by atoms with Crippen LogP contribution in [0.4, 0.5) is 16.2 Å². The fraction of sp³-hybridized carbons (Fsp3) is 0.444. The van der Waals surface area contributed by atoms with Crippen LogP contribution in [0.15, 0.2) is 30.5 Å². The number of para-hydroxylation sites is 1. The molecule has 0 spiro atoms. The molecular weight excluding hydrogens is 290 g/mol. The maximum atomic E-state index is 12.8. The van der Waals surface area contributed by atoms with Crippen molar-refractivity contribution in [3.05, 3.63) is 30.5 Å². The lowest BCUT2D eigenvalue weighted by atomic mass is 10.0. The standard InChI is InChI=1S/C18H25N3O2/c1-17(2,3)21(16(22)23-18(4,5)6)15-12-9-7-8-10-14(12)20-11-13(15)19/h7-11H,19H2,1-6H3. The Balaban J connectivity index is 2.66. The molecule has 0 saturated carbocycles. The number of pyridine rings is 1. The van der Waals surface area contributed by atoms with E-state index in [1.54, 1.807) is 11.1 Å². The average molecular weight is 315 g/mol. The molecule has 0 saturated heterocycles. The molecule has 0 atom stereocenters. The van der Waals surface area contributed by atoms with E-state index in [0.29, 0.717) is 11.4 Å². The van der Waals surface area contributed by atoms with E-state index in [0.717, 1.165) is 10.9 Å². The minimum Gasteiger partial charge on any atom is -0.443 e. The molecule has 0 radical (unpaired) electrons. The summed E-state index contributed by atoms with van der Waals surface area (Å²) >= 11 is 0. The molecule has 2 N–H and O–H groups in total. The molecule has 1 aromatic carbocycles. The Labute approximate surface area is 137 Å². The number of nitrogens with zero attached hydrogens (tertiary/aromatic N) is 2.